The van der Waals surface area contributed by atoms with E-state index in [1.54, 1.807) is 23.9 Å². The Bertz CT molecular complexity index is 1270. The summed E-state index contributed by atoms with van der Waals surface area (Å²) in [4.78, 5) is 7.50. The molecule has 3 aromatic carbocycles. The number of thioether (sulfide) groups is 1. The summed E-state index contributed by atoms with van der Waals surface area (Å²) in [6.07, 6.45) is 1.95. The van der Waals surface area contributed by atoms with E-state index in [0.717, 1.165) is 35.0 Å². The molecule has 0 saturated heterocycles. The van der Waals surface area contributed by atoms with Gasteiger partial charge in [-0.3, -0.25) is 0 Å². The number of benzene rings is 3. The van der Waals surface area contributed by atoms with Crippen molar-refractivity contribution in [2.75, 3.05) is 0 Å². The Hall–Kier alpha value is -3.11. The van der Waals surface area contributed by atoms with Gasteiger partial charge in [0.15, 0.2) is 5.17 Å². The van der Waals surface area contributed by atoms with Crippen LogP contribution in [-0.2, 0) is 6.42 Å². The zero-order valence-corrected chi connectivity index (χ0v) is 18.0. The first kappa shape index (κ1) is 18.6. The molecule has 0 N–H and O–H groups in total. The highest BCUT2D eigenvalue weighted by Gasteiger charge is 2.40. The van der Waals surface area contributed by atoms with Crippen LogP contribution in [0.4, 0.5) is 4.39 Å². The van der Waals surface area contributed by atoms with Crippen LogP contribution in [0.3, 0.4) is 0 Å². The van der Waals surface area contributed by atoms with Gasteiger partial charge in [0.2, 0.25) is 0 Å². The highest BCUT2D eigenvalue weighted by Crippen LogP contribution is 2.51. The minimum absolute atomic E-state index is 0.0130. The molecule has 0 bridgehead atoms. The number of hydrogen-bond donors (Lipinski definition) is 0. The van der Waals surface area contributed by atoms with Crippen LogP contribution in [-0.4, -0.2) is 10.1 Å². The van der Waals surface area contributed by atoms with E-state index >= 15 is 0 Å². The Labute approximate surface area is 185 Å². The second-order valence-electron chi connectivity index (χ2n) is 8.24. The molecule has 2 aliphatic heterocycles. The molecule has 31 heavy (non-hydrogen) atoms. The van der Waals surface area contributed by atoms with Crippen molar-refractivity contribution in [3.05, 3.63) is 117 Å². The van der Waals surface area contributed by atoms with E-state index in [0.29, 0.717) is 0 Å². The zero-order chi connectivity index (χ0) is 20.9. The molecule has 3 aromatic rings. The van der Waals surface area contributed by atoms with Crippen LogP contribution < -0.4 is 0 Å². The van der Waals surface area contributed by atoms with E-state index in [1.165, 1.54) is 27.8 Å². The summed E-state index contributed by atoms with van der Waals surface area (Å²) in [6.45, 7) is 2.10. The number of aliphatic imine (C=N–C) groups is 1. The molecule has 1 aliphatic carbocycles. The molecule has 1 unspecified atom stereocenters. The van der Waals surface area contributed by atoms with E-state index < -0.39 is 0 Å². The summed E-state index contributed by atoms with van der Waals surface area (Å²) in [5.74, 6) is -0.207. The number of halogens is 1. The van der Waals surface area contributed by atoms with Crippen LogP contribution in [0.1, 0.15) is 40.3 Å². The second kappa shape index (κ2) is 7.24. The lowest BCUT2D eigenvalue weighted by Crippen LogP contribution is -2.34. The maximum absolute atomic E-state index is 13.8. The molecule has 152 valence electrons. The van der Waals surface area contributed by atoms with Crippen molar-refractivity contribution in [1.29, 1.82) is 0 Å². The number of amidine groups is 1. The Morgan fingerprint density at radius 3 is 2.52 bits per heavy atom. The van der Waals surface area contributed by atoms with E-state index in [1.807, 2.05) is 12.1 Å². The number of nitrogens with zero attached hydrogens (tertiary/aromatic N) is 2. The molecule has 0 spiro atoms. The van der Waals surface area contributed by atoms with Crippen molar-refractivity contribution < 1.29 is 4.39 Å². The van der Waals surface area contributed by atoms with Crippen molar-refractivity contribution in [3.8, 4) is 0 Å². The fourth-order valence-corrected chi connectivity index (χ4v) is 5.69. The molecule has 1 atom stereocenters. The van der Waals surface area contributed by atoms with E-state index in [2.05, 4.69) is 65.8 Å². The Kier molecular flexibility index (Phi) is 4.35. The highest BCUT2D eigenvalue weighted by atomic mass is 32.2. The maximum atomic E-state index is 13.8. The molecule has 0 fully saturated rings. The van der Waals surface area contributed by atoms with Gasteiger partial charge in [-0.1, -0.05) is 78.0 Å². The quantitative estimate of drug-likeness (QED) is 0.442. The lowest BCUT2D eigenvalue weighted by atomic mass is 9.82. The molecule has 0 saturated carbocycles. The van der Waals surface area contributed by atoms with E-state index in [9.17, 15) is 4.39 Å². The van der Waals surface area contributed by atoms with Crippen molar-refractivity contribution in [1.82, 2.24) is 4.90 Å². The minimum Gasteiger partial charge on any atom is -0.308 e. The van der Waals surface area contributed by atoms with Crippen LogP contribution in [0.15, 0.2) is 88.8 Å². The number of hydrogen-bond acceptors (Lipinski definition) is 3. The molecule has 0 amide bonds. The van der Waals surface area contributed by atoms with Gasteiger partial charge in [-0.15, -0.1) is 0 Å². The minimum atomic E-state index is -0.207. The monoisotopic (exact) mass is 424 g/mol. The van der Waals surface area contributed by atoms with Gasteiger partial charge < -0.3 is 4.90 Å². The number of rotatable bonds is 2. The molecule has 3 aliphatic rings. The van der Waals surface area contributed by atoms with Crippen LogP contribution >= 0.6 is 11.8 Å². The predicted molar refractivity (Wildman–Crippen MR) is 127 cm³/mol. The van der Waals surface area contributed by atoms with Gasteiger partial charge in [-0.25, -0.2) is 9.38 Å². The molecule has 2 nitrogen and oxygen atoms in total. The van der Waals surface area contributed by atoms with Gasteiger partial charge in [0.1, 0.15) is 5.82 Å². The van der Waals surface area contributed by atoms with Crippen LogP contribution in [0.2, 0.25) is 0 Å². The van der Waals surface area contributed by atoms with Crippen molar-refractivity contribution in [2.24, 2.45) is 4.99 Å². The van der Waals surface area contributed by atoms with Gasteiger partial charge in [0.25, 0.3) is 0 Å². The third-order valence-corrected chi connectivity index (χ3v) is 7.15. The Balaban J connectivity index is 1.53. The summed E-state index contributed by atoms with van der Waals surface area (Å²) in [5.41, 5.74) is 9.66. The first-order valence-electron chi connectivity index (χ1n) is 10.6. The molecule has 2 heterocycles. The van der Waals surface area contributed by atoms with Gasteiger partial charge >= 0.3 is 0 Å². The first-order valence-corrected chi connectivity index (χ1v) is 11.5. The summed E-state index contributed by atoms with van der Waals surface area (Å²) < 4.78 is 13.8. The molecular formula is C27H21FN2S. The second-order valence-corrected chi connectivity index (χ2v) is 9.07. The molecule has 4 heteroatoms. The smallest absolute Gasteiger partial charge is 0.174 e. The third-order valence-electron chi connectivity index (χ3n) is 6.31. The highest BCUT2D eigenvalue weighted by molar-refractivity contribution is 8.16. The van der Waals surface area contributed by atoms with Crippen molar-refractivity contribution in [3.63, 3.8) is 0 Å². The topological polar surface area (TPSA) is 15.6 Å². The van der Waals surface area contributed by atoms with Crippen molar-refractivity contribution in [2.45, 2.75) is 25.8 Å². The van der Waals surface area contributed by atoms with E-state index in [4.69, 9.17) is 4.99 Å². The normalized spacial score (nSPS) is 19.4. The maximum Gasteiger partial charge on any atom is 0.174 e. The molecular weight excluding hydrogens is 403 g/mol. The predicted octanol–water partition coefficient (Wildman–Crippen LogP) is 6.95. The molecule has 0 radical (unpaired) electrons. The standard InChI is InChI=1S/C27H21FN2S/c1-17-6-8-19(9-7-17)24-16-31-27-29-25-22-5-3-2-4-18(22)12-15-23(25)26(30(24)27)20-10-13-21(28)14-11-20/h2-11,13-14,16,26H,12,15H2,1H3. The lowest BCUT2D eigenvalue weighted by molar-refractivity contribution is 0.473. The van der Waals surface area contributed by atoms with Gasteiger partial charge in [-0.05, 0) is 54.2 Å². The zero-order valence-electron chi connectivity index (χ0n) is 17.2. The fourth-order valence-electron chi connectivity index (χ4n) is 4.76. The summed E-state index contributed by atoms with van der Waals surface area (Å²) in [5, 5.41) is 3.19. The van der Waals surface area contributed by atoms with Crippen LogP contribution in [0.25, 0.3) is 11.4 Å². The van der Waals surface area contributed by atoms with Crippen molar-refractivity contribution >= 4 is 28.3 Å². The van der Waals surface area contributed by atoms with Gasteiger partial charge in [-0.2, -0.15) is 0 Å². The average Bonchev–Trinajstić information content (AvgIpc) is 3.22. The van der Waals surface area contributed by atoms with Gasteiger partial charge in [0.05, 0.1) is 17.4 Å². The largest absolute Gasteiger partial charge is 0.308 e. The first-order chi connectivity index (χ1) is 15.2. The summed E-state index contributed by atoms with van der Waals surface area (Å²) in [7, 11) is 0. The molecule has 6 rings (SSSR count). The Morgan fingerprint density at radius 1 is 0.935 bits per heavy atom. The average molecular weight is 425 g/mol. The lowest BCUT2D eigenvalue weighted by Gasteiger charge is -2.39. The van der Waals surface area contributed by atoms with Crippen LogP contribution in [0, 0.1) is 12.7 Å². The number of fused-ring (bicyclic) bond motifs is 3. The van der Waals surface area contributed by atoms with Crippen LogP contribution in [0.5, 0.6) is 0 Å². The summed E-state index contributed by atoms with van der Waals surface area (Å²) in [6, 6.07) is 24.2. The third kappa shape index (κ3) is 3.05. The number of aryl methyl sites for hydroxylation is 2. The Morgan fingerprint density at radius 2 is 1.71 bits per heavy atom. The fraction of sp³-hybridized carbons (Fsp3) is 0.148. The van der Waals surface area contributed by atoms with Gasteiger partial charge in [0, 0.05) is 11.0 Å². The summed E-state index contributed by atoms with van der Waals surface area (Å²) >= 11 is 1.67. The van der Waals surface area contributed by atoms with E-state index in [-0.39, 0.29) is 11.9 Å². The SMILES string of the molecule is Cc1ccc(C2=CSC3=NC4=C(CCc5ccccc54)C(c4ccc(F)cc4)N23)cc1. The molecule has 0 aromatic heterocycles.